The van der Waals surface area contributed by atoms with Gasteiger partial charge in [-0.2, -0.15) is 0 Å². The maximum atomic E-state index is 5.28. The highest BCUT2D eigenvalue weighted by Crippen LogP contribution is 2.42. The van der Waals surface area contributed by atoms with Crippen LogP contribution in [-0.4, -0.2) is 34.9 Å². The Bertz CT molecular complexity index is 2200. The van der Waals surface area contributed by atoms with Crippen molar-refractivity contribution in [3.05, 3.63) is 140 Å². The molecule has 8 rings (SSSR count). The van der Waals surface area contributed by atoms with Gasteiger partial charge in [-0.25, -0.2) is 15.0 Å². The molecule has 44 heavy (non-hydrogen) atoms. The first kappa shape index (κ1) is 25.5. The number of hydrogen-bond donors (Lipinski definition) is 0. The Balaban J connectivity index is 1.45. The number of aromatic nitrogens is 7. The summed E-state index contributed by atoms with van der Waals surface area (Å²) in [5.41, 5.74) is 10.1. The van der Waals surface area contributed by atoms with E-state index in [4.69, 9.17) is 24.9 Å². The van der Waals surface area contributed by atoms with Crippen LogP contribution >= 0.6 is 0 Å². The van der Waals surface area contributed by atoms with Gasteiger partial charge in [0.25, 0.3) is 0 Å². The third kappa shape index (κ3) is 4.53. The molecule has 0 aliphatic heterocycles. The van der Waals surface area contributed by atoms with Gasteiger partial charge in [-0.15, -0.1) is 0 Å². The van der Waals surface area contributed by atoms with E-state index in [0.717, 1.165) is 61.1 Å². The Morgan fingerprint density at radius 3 is 1.48 bits per heavy atom. The summed E-state index contributed by atoms with van der Waals surface area (Å²) in [6, 6.07) is 36.2. The van der Waals surface area contributed by atoms with Crippen LogP contribution in [0.2, 0.25) is 0 Å². The molecule has 0 atom stereocenters. The molecule has 0 aliphatic carbocycles. The molecule has 0 unspecified atom stereocenters. The summed E-state index contributed by atoms with van der Waals surface area (Å²) < 4.78 is 0. The molecule has 0 aliphatic rings. The summed E-state index contributed by atoms with van der Waals surface area (Å²) in [7, 11) is 0. The van der Waals surface area contributed by atoms with Gasteiger partial charge in [-0.1, -0.05) is 72.8 Å². The van der Waals surface area contributed by atoms with Gasteiger partial charge in [0.15, 0.2) is 5.82 Å². The van der Waals surface area contributed by atoms with Gasteiger partial charge >= 0.3 is 0 Å². The lowest BCUT2D eigenvalue weighted by Crippen LogP contribution is -2.00. The average molecular weight is 566 g/mol. The van der Waals surface area contributed by atoms with Gasteiger partial charge in [0.05, 0.1) is 33.8 Å². The number of hydrogen-bond acceptors (Lipinski definition) is 7. The lowest BCUT2D eigenvalue weighted by molar-refractivity contribution is 1.19. The molecule has 8 aromatic rings. The molecule has 7 nitrogen and oxygen atoms in total. The quantitative estimate of drug-likeness (QED) is 0.195. The maximum Gasteiger partial charge on any atom is 0.159 e. The Morgan fingerprint density at radius 2 is 0.909 bits per heavy atom. The highest BCUT2D eigenvalue weighted by atomic mass is 14.9. The Labute approximate surface area is 253 Å². The van der Waals surface area contributed by atoms with Crippen molar-refractivity contribution in [2.24, 2.45) is 0 Å². The van der Waals surface area contributed by atoms with Crippen molar-refractivity contribution in [2.45, 2.75) is 0 Å². The van der Waals surface area contributed by atoms with Crippen molar-refractivity contribution >= 4 is 21.9 Å². The number of benzene rings is 3. The van der Waals surface area contributed by atoms with Crippen LogP contribution in [0, 0.1) is 0 Å². The first-order valence-electron chi connectivity index (χ1n) is 14.2. The highest BCUT2D eigenvalue weighted by molar-refractivity contribution is 6.17. The standard InChI is InChI=1S/C37H23N7/c1-3-11-24(12-4-1)32-33(25-13-5-2-6-14-25)36-35(40-19-20-41-36)27-23-42-37(44-34(27)32)26-21-30(28-15-7-9-17-38-28)43-31(22-26)29-16-8-10-18-39-29/h1-23H. The smallest absolute Gasteiger partial charge is 0.159 e. The predicted molar refractivity (Wildman–Crippen MR) is 173 cm³/mol. The minimum absolute atomic E-state index is 0.564. The van der Waals surface area contributed by atoms with Crippen molar-refractivity contribution in [3.8, 4) is 56.4 Å². The topological polar surface area (TPSA) is 90.2 Å². The van der Waals surface area contributed by atoms with E-state index in [-0.39, 0.29) is 0 Å². The van der Waals surface area contributed by atoms with Gasteiger partial charge in [0.1, 0.15) is 5.52 Å². The maximum absolute atomic E-state index is 5.28. The zero-order chi connectivity index (χ0) is 29.3. The van der Waals surface area contributed by atoms with Crippen LogP contribution in [0.5, 0.6) is 0 Å². The lowest BCUT2D eigenvalue weighted by atomic mass is 9.90. The molecule has 3 aromatic carbocycles. The van der Waals surface area contributed by atoms with E-state index in [0.29, 0.717) is 17.2 Å². The fourth-order valence-corrected chi connectivity index (χ4v) is 5.56. The van der Waals surface area contributed by atoms with E-state index in [9.17, 15) is 0 Å². The van der Waals surface area contributed by atoms with E-state index < -0.39 is 0 Å². The van der Waals surface area contributed by atoms with Crippen LogP contribution in [-0.2, 0) is 0 Å². The molecule has 0 spiro atoms. The second-order valence-electron chi connectivity index (χ2n) is 10.2. The van der Waals surface area contributed by atoms with Gasteiger partial charge < -0.3 is 0 Å². The number of rotatable bonds is 5. The molecule has 5 heterocycles. The number of nitrogens with zero attached hydrogens (tertiary/aromatic N) is 7. The third-order valence-electron chi connectivity index (χ3n) is 7.53. The number of fused-ring (bicyclic) bond motifs is 3. The molecule has 0 radical (unpaired) electrons. The summed E-state index contributed by atoms with van der Waals surface area (Å²) in [6.45, 7) is 0. The number of pyridine rings is 3. The van der Waals surface area contributed by atoms with Crippen LogP contribution in [0.1, 0.15) is 0 Å². The summed E-state index contributed by atoms with van der Waals surface area (Å²) in [4.78, 5) is 33.8. The van der Waals surface area contributed by atoms with Gasteiger partial charge in [-0.05, 0) is 47.5 Å². The summed E-state index contributed by atoms with van der Waals surface area (Å²) >= 11 is 0. The van der Waals surface area contributed by atoms with Crippen LogP contribution in [0.15, 0.2) is 140 Å². The van der Waals surface area contributed by atoms with Gasteiger partial charge in [0.2, 0.25) is 0 Å². The lowest BCUT2D eigenvalue weighted by Gasteiger charge is -2.17. The molecular weight excluding hydrogens is 542 g/mol. The van der Waals surface area contributed by atoms with Crippen LogP contribution < -0.4 is 0 Å². The molecule has 5 aromatic heterocycles. The zero-order valence-electron chi connectivity index (χ0n) is 23.4. The van der Waals surface area contributed by atoms with Gasteiger partial charge in [0, 0.05) is 53.1 Å². The third-order valence-corrected chi connectivity index (χ3v) is 7.53. The molecule has 0 bridgehead atoms. The van der Waals surface area contributed by atoms with E-state index in [1.807, 2.05) is 91.1 Å². The summed E-state index contributed by atoms with van der Waals surface area (Å²) in [5, 5.41) is 0.833. The van der Waals surface area contributed by atoms with E-state index in [1.54, 1.807) is 24.8 Å². The average Bonchev–Trinajstić information content (AvgIpc) is 3.12. The van der Waals surface area contributed by atoms with E-state index in [1.165, 1.54) is 0 Å². The van der Waals surface area contributed by atoms with E-state index in [2.05, 4.69) is 34.2 Å². The van der Waals surface area contributed by atoms with Crippen molar-refractivity contribution in [1.29, 1.82) is 0 Å². The van der Waals surface area contributed by atoms with Crippen molar-refractivity contribution in [1.82, 2.24) is 34.9 Å². The van der Waals surface area contributed by atoms with Crippen molar-refractivity contribution < 1.29 is 0 Å². The fraction of sp³-hybridized carbons (Fsp3) is 0. The molecule has 7 heteroatoms. The van der Waals surface area contributed by atoms with E-state index >= 15 is 0 Å². The Kier molecular flexibility index (Phi) is 6.31. The minimum Gasteiger partial charge on any atom is -0.255 e. The second kappa shape index (κ2) is 10.9. The van der Waals surface area contributed by atoms with Crippen molar-refractivity contribution in [3.63, 3.8) is 0 Å². The van der Waals surface area contributed by atoms with Gasteiger partial charge in [-0.3, -0.25) is 19.9 Å². The Hall–Kier alpha value is -6.21. The highest BCUT2D eigenvalue weighted by Gasteiger charge is 2.22. The zero-order valence-corrected chi connectivity index (χ0v) is 23.4. The van der Waals surface area contributed by atoms with Crippen molar-refractivity contribution in [2.75, 3.05) is 0 Å². The SMILES string of the molecule is c1ccc(-c2c(-c3ccccc3)c3nccnc3c3cnc(-c4cc(-c5ccccn5)nc(-c5ccccn5)c4)nc23)cc1. The van der Waals surface area contributed by atoms with Crippen LogP contribution in [0.25, 0.3) is 78.4 Å². The second-order valence-corrected chi connectivity index (χ2v) is 10.2. The molecule has 0 N–H and O–H groups in total. The Morgan fingerprint density at radius 1 is 0.364 bits per heavy atom. The molecule has 0 saturated heterocycles. The summed E-state index contributed by atoms with van der Waals surface area (Å²) in [5.74, 6) is 0.564. The molecule has 206 valence electrons. The normalized spacial score (nSPS) is 11.2. The molecule has 0 amide bonds. The largest absolute Gasteiger partial charge is 0.255 e. The molecular formula is C37H23N7. The molecule has 0 fully saturated rings. The predicted octanol–water partition coefficient (Wildman–Crippen LogP) is 8.09. The summed E-state index contributed by atoms with van der Waals surface area (Å²) in [6.07, 6.45) is 8.84. The first-order valence-corrected chi connectivity index (χ1v) is 14.2. The van der Waals surface area contributed by atoms with Crippen LogP contribution in [0.3, 0.4) is 0 Å². The molecule has 0 saturated carbocycles. The minimum atomic E-state index is 0.564. The first-order chi connectivity index (χ1) is 21.8. The monoisotopic (exact) mass is 565 g/mol. The fourth-order valence-electron chi connectivity index (χ4n) is 5.56. The van der Waals surface area contributed by atoms with Crippen LogP contribution in [0.4, 0.5) is 0 Å².